The highest BCUT2D eigenvalue weighted by Gasteiger charge is 2.62. The maximum absolute atomic E-state index is 11.2. The summed E-state index contributed by atoms with van der Waals surface area (Å²) in [7, 11) is 0. The molecule has 2 atom stereocenters. The number of rotatable bonds is 5. The lowest BCUT2D eigenvalue weighted by Crippen LogP contribution is -2.71. The Kier molecular flexibility index (Phi) is 3.65. The molecule has 0 amide bonds. The molecule has 0 bridgehead atoms. The highest BCUT2D eigenvalue weighted by Crippen LogP contribution is 2.52. The molecule has 1 aliphatic carbocycles. The van der Waals surface area contributed by atoms with Gasteiger partial charge in [-0.25, -0.2) is 0 Å². The average Bonchev–Trinajstić information content (AvgIpc) is 2.38. The first kappa shape index (κ1) is 14.0. The van der Waals surface area contributed by atoms with Crippen LogP contribution in [0.25, 0.3) is 0 Å². The Hall–Kier alpha value is -1.39. The van der Waals surface area contributed by atoms with Crippen LogP contribution in [0.4, 0.5) is 0 Å². The van der Waals surface area contributed by atoms with E-state index in [1.165, 1.54) is 0 Å². The Morgan fingerprint density at radius 3 is 2.58 bits per heavy atom. The van der Waals surface area contributed by atoms with E-state index in [9.17, 15) is 9.90 Å². The molecule has 4 nitrogen and oxygen atoms in total. The van der Waals surface area contributed by atoms with Gasteiger partial charge in [0.1, 0.15) is 5.54 Å². The molecule has 0 aliphatic heterocycles. The van der Waals surface area contributed by atoms with Gasteiger partial charge in [0.05, 0.1) is 13.2 Å². The van der Waals surface area contributed by atoms with Crippen molar-refractivity contribution in [3.63, 3.8) is 0 Å². The van der Waals surface area contributed by atoms with E-state index in [0.29, 0.717) is 19.6 Å². The predicted molar refractivity (Wildman–Crippen MR) is 72.5 cm³/mol. The van der Waals surface area contributed by atoms with Crippen molar-refractivity contribution < 1.29 is 14.6 Å². The molecule has 1 aliphatic rings. The molecule has 2 unspecified atom stereocenters. The number of nitrogens with two attached hydrogens (primary N) is 1. The lowest BCUT2D eigenvalue weighted by atomic mass is 9.50. The molecule has 0 heterocycles. The Morgan fingerprint density at radius 2 is 2.05 bits per heavy atom. The van der Waals surface area contributed by atoms with Gasteiger partial charge in [-0.1, -0.05) is 44.2 Å². The average molecular weight is 263 g/mol. The van der Waals surface area contributed by atoms with Crippen LogP contribution in [0, 0.1) is 11.3 Å². The molecule has 19 heavy (non-hydrogen) atoms. The van der Waals surface area contributed by atoms with Crippen LogP contribution >= 0.6 is 0 Å². The van der Waals surface area contributed by atoms with Crippen LogP contribution in [0.15, 0.2) is 30.3 Å². The number of carboxylic acid groups (broad SMARTS) is 1. The second kappa shape index (κ2) is 4.94. The molecule has 0 aromatic heterocycles. The zero-order valence-corrected chi connectivity index (χ0v) is 11.4. The number of carbonyl (C=O) groups is 1. The molecule has 1 saturated carbocycles. The van der Waals surface area contributed by atoms with Gasteiger partial charge in [-0.2, -0.15) is 0 Å². The molecule has 2 rings (SSSR count). The molecule has 1 aromatic rings. The highest BCUT2D eigenvalue weighted by molar-refractivity contribution is 5.81. The summed E-state index contributed by atoms with van der Waals surface area (Å²) in [5, 5.41) is 9.18. The van der Waals surface area contributed by atoms with E-state index in [4.69, 9.17) is 10.5 Å². The van der Waals surface area contributed by atoms with Gasteiger partial charge in [-0.05, 0) is 23.3 Å². The van der Waals surface area contributed by atoms with Crippen molar-refractivity contribution in [2.75, 3.05) is 6.61 Å². The van der Waals surface area contributed by atoms with E-state index >= 15 is 0 Å². The van der Waals surface area contributed by atoms with Gasteiger partial charge in [0.15, 0.2) is 0 Å². The van der Waals surface area contributed by atoms with E-state index < -0.39 is 16.9 Å². The summed E-state index contributed by atoms with van der Waals surface area (Å²) in [6.45, 7) is 4.91. The molecule has 1 aromatic carbocycles. The number of hydrogen-bond acceptors (Lipinski definition) is 3. The van der Waals surface area contributed by atoms with Gasteiger partial charge in [0.2, 0.25) is 0 Å². The molecule has 104 valence electrons. The number of hydrogen-bond donors (Lipinski definition) is 2. The third-order valence-corrected chi connectivity index (χ3v) is 4.55. The smallest absolute Gasteiger partial charge is 0.324 e. The summed E-state index contributed by atoms with van der Waals surface area (Å²) in [6, 6.07) is 9.93. The molecule has 3 N–H and O–H groups in total. The van der Waals surface area contributed by atoms with Crippen molar-refractivity contribution in [2.24, 2.45) is 17.1 Å². The maximum Gasteiger partial charge on any atom is 0.324 e. The highest BCUT2D eigenvalue weighted by atomic mass is 16.5. The fourth-order valence-electron chi connectivity index (χ4n) is 2.66. The zero-order chi connectivity index (χ0) is 14.1. The minimum absolute atomic E-state index is 0.192. The Labute approximate surface area is 113 Å². The van der Waals surface area contributed by atoms with Crippen LogP contribution in [0.2, 0.25) is 0 Å². The maximum atomic E-state index is 11.2. The number of aliphatic carboxylic acids is 1. The van der Waals surface area contributed by atoms with E-state index in [1.54, 1.807) is 0 Å². The van der Waals surface area contributed by atoms with Crippen LogP contribution < -0.4 is 5.73 Å². The van der Waals surface area contributed by atoms with Crippen molar-refractivity contribution >= 4 is 5.97 Å². The predicted octanol–water partition coefficient (Wildman–Crippen LogP) is 2.03. The summed E-state index contributed by atoms with van der Waals surface area (Å²) < 4.78 is 5.68. The Bertz CT molecular complexity index is 458. The third kappa shape index (κ3) is 2.38. The first-order chi connectivity index (χ1) is 8.88. The molecule has 4 heteroatoms. The lowest BCUT2D eigenvalue weighted by molar-refractivity contribution is -0.168. The summed E-state index contributed by atoms with van der Waals surface area (Å²) >= 11 is 0. The molecule has 0 radical (unpaired) electrons. The van der Waals surface area contributed by atoms with Crippen molar-refractivity contribution in [1.82, 2.24) is 0 Å². The third-order valence-electron chi connectivity index (χ3n) is 4.55. The first-order valence-electron chi connectivity index (χ1n) is 6.52. The number of carboxylic acids is 1. The van der Waals surface area contributed by atoms with E-state index in [1.807, 2.05) is 44.2 Å². The van der Waals surface area contributed by atoms with Crippen LogP contribution in [-0.4, -0.2) is 23.2 Å². The fourth-order valence-corrected chi connectivity index (χ4v) is 2.66. The molecular formula is C15H21NO3. The number of benzene rings is 1. The van der Waals surface area contributed by atoms with E-state index in [0.717, 1.165) is 5.56 Å². The largest absolute Gasteiger partial charge is 0.480 e. The Balaban J connectivity index is 1.85. The van der Waals surface area contributed by atoms with Crippen molar-refractivity contribution in [1.29, 1.82) is 0 Å². The minimum atomic E-state index is -1.12. The monoisotopic (exact) mass is 263 g/mol. The molecule has 1 fully saturated rings. The van der Waals surface area contributed by atoms with E-state index in [2.05, 4.69) is 0 Å². The number of ether oxygens (including phenoxy) is 1. The lowest BCUT2D eigenvalue weighted by Gasteiger charge is -2.56. The van der Waals surface area contributed by atoms with Gasteiger partial charge >= 0.3 is 5.97 Å². The minimum Gasteiger partial charge on any atom is -0.480 e. The summed E-state index contributed by atoms with van der Waals surface area (Å²) in [4.78, 5) is 11.2. The molecule has 0 saturated heterocycles. The molecular weight excluding hydrogens is 242 g/mol. The quantitative estimate of drug-likeness (QED) is 0.852. The Morgan fingerprint density at radius 1 is 1.42 bits per heavy atom. The fraction of sp³-hybridized carbons (Fsp3) is 0.533. The van der Waals surface area contributed by atoms with Gasteiger partial charge in [-0.15, -0.1) is 0 Å². The van der Waals surface area contributed by atoms with Gasteiger partial charge in [0.25, 0.3) is 0 Å². The molecule has 0 spiro atoms. The zero-order valence-electron chi connectivity index (χ0n) is 11.4. The summed E-state index contributed by atoms with van der Waals surface area (Å²) in [5.74, 6) is -0.728. The van der Waals surface area contributed by atoms with Crippen molar-refractivity contribution in [3.05, 3.63) is 35.9 Å². The summed E-state index contributed by atoms with van der Waals surface area (Å²) in [5.41, 5.74) is 5.51. The van der Waals surface area contributed by atoms with Gasteiger partial charge in [-0.3, -0.25) is 4.79 Å². The standard InChI is InChI=1S/C15H21NO3/c1-14(2)12(8-15(14,16)13(17)18)10-19-9-11-6-4-3-5-7-11/h3-7,12H,8-10,16H2,1-2H3,(H,17,18). The van der Waals surface area contributed by atoms with Gasteiger partial charge in [0, 0.05) is 0 Å². The topological polar surface area (TPSA) is 72.5 Å². The first-order valence-corrected chi connectivity index (χ1v) is 6.52. The van der Waals surface area contributed by atoms with Crippen molar-refractivity contribution in [2.45, 2.75) is 32.4 Å². The van der Waals surface area contributed by atoms with Crippen molar-refractivity contribution in [3.8, 4) is 0 Å². The SMILES string of the molecule is CC1(C)C(COCc2ccccc2)CC1(N)C(=O)O. The normalized spacial score (nSPS) is 28.7. The van der Waals surface area contributed by atoms with Gasteiger partial charge < -0.3 is 15.6 Å². The van der Waals surface area contributed by atoms with E-state index in [-0.39, 0.29) is 5.92 Å². The van der Waals surface area contributed by atoms with Crippen LogP contribution in [0.5, 0.6) is 0 Å². The van der Waals surface area contributed by atoms with Crippen LogP contribution in [0.1, 0.15) is 25.8 Å². The second-order valence-corrected chi connectivity index (χ2v) is 5.90. The van der Waals surface area contributed by atoms with Crippen LogP contribution in [-0.2, 0) is 16.1 Å². The second-order valence-electron chi connectivity index (χ2n) is 5.90. The van der Waals surface area contributed by atoms with Crippen LogP contribution in [0.3, 0.4) is 0 Å². The summed E-state index contributed by atoms with van der Waals surface area (Å²) in [6.07, 6.45) is 0.476.